The van der Waals surface area contributed by atoms with Gasteiger partial charge >= 0.3 is 5.97 Å². The minimum absolute atomic E-state index is 0.103. The molecule has 1 aromatic rings. The SMILES string of the molecule is COC(=O)[C@@H](Cc1ccc(Cl)cc1Cl)N=O. The molecular weight excluding hydrogens is 253 g/mol. The Balaban J connectivity index is 2.86. The molecule has 0 bridgehead atoms. The molecule has 0 aliphatic heterocycles. The molecule has 0 aromatic heterocycles. The predicted molar refractivity (Wildman–Crippen MR) is 61.8 cm³/mol. The van der Waals surface area contributed by atoms with Gasteiger partial charge in [0.2, 0.25) is 0 Å². The average molecular weight is 262 g/mol. The second-order valence-electron chi connectivity index (χ2n) is 3.08. The topological polar surface area (TPSA) is 55.7 Å². The number of carbonyl (C=O) groups is 1. The number of hydrogen-bond acceptors (Lipinski definition) is 4. The summed E-state index contributed by atoms with van der Waals surface area (Å²) >= 11 is 11.6. The molecule has 0 amide bonds. The molecule has 0 spiro atoms. The monoisotopic (exact) mass is 261 g/mol. The zero-order chi connectivity index (χ0) is 12.1. The third kappa shape index (κ3) is 3.18. The maximum Gasteiger partial charge on any atom is 0.334 e. The lowest BCUT2D eigenvalue weighted by molar-refractivity contribution is -0.142. The minimum atomic E-state index is -1.08. The van der Waals surface area contributed by atoms with Crippen molar-refractivity contribution < 1.29 is 9.53 Å². The first kappa shape index (κ1) is 12.9. The molecule has 0 saturated carbocycles. The Morgan fingerprint density at radius 2 is 2.19 bits per heavy atom. The molecule has 0 aliphatic carbocycles. The smallest absolute Gasteiger partial charge is 0.334 e. The van der Waals surface area contributed by atoms with E-state index in [9.17, 15) is 9.70 Å². The number of esters is 1. The summed E-state index contributed by atoms with van der Waals surface area (Å²) in [6.07, 6.45) is 0.103. The molecule has 6 heteroatoms. The number of nitroso groups, excluding NO2 is 1. The van der Waals surface area contributed by atoms with Gasteiger partial charge in [0.05, 0.1) is 7.11 Å². The Labute approximate surface area is 102 Å². The van der Waals surface area contributed by atoms with Gasteiger partial charge in [0.15, 0.2) is 6.04 Å². The van der Waals surface area contributed by atoms with Crippen molar-refractivity contribution in [3.8, 4) is 0 Å². The lowest BCUT2D eigenvalue weighted by Crippen LogP contribution is -2.22. The molecule has 0 saturated heterocycles. The van der Waals surface area contributed by atoms with Gasteiger partial charge in [-0.1, -0.05) is 34.4 Å². The van der Waals surface area contributed by atoms with Gasteiger partial charge < -0.3 is 4.74 Å². The standard InChI is InChI=1S/C10H9Cl2NO3/c1-16-10(14)9(13-15)4-6-2-3-7(11)5-8(6)12/h2-3,5,9H,4H2,1H3/t9-/m1/s1. The van der Waals surface area contributed by atoms with E-state index in [1.165, 1.54) is 13.2 Å². The molecule has 0 radical (unpaired) electrons. The summed E-state index contributed by atoms with van der Waals surface area (Å²) in [6.45, 7) is 0. The maximum atomic E-state index is 11.1. The molecule has 4 nitrogen and oxygen atoms in total. The molecule has 86 valence electrons. The van der Waals surface area contributed by atoms with Crippen molar-refractivity contribution in [1.29, 1.82) is 0 Å². The number of ether oxygens (including phenoxy) is 1. The molecular formula is C10H9Cl2NO3. The van der Waals surface area contributed by atoms with E-state index in [1.54, 1.807) is 12.1 Å². The number of methoxy groups -OCH3 is 1. The number of hydrogen-bond donors (Lipinski definition) is 0. The number of halogens is 2. The van der Waals surface area contributed by atoms with E-state index in [2.05, 4.69) is 9.91 Å². The highest BCUT2D eigenvalue weighted by molar-refractivity contribution is 6.35. The van der Waals surface area contributed by atoms with E-state index in [1.807, 2.05) is 0 Å². The molecule has 1 rings (SSSR count). The van der Waals surface area contributed by atoms with E-state index in [4.69, 9.17) is 23.2 Å². The lowest BCUT2D eigenvalue weighted by atomic mass is 10.1. The van der Waals surface area contributed by atoms with Crippen LogP contribution in [0.2, 0.25) is 10.0 Å². The number of benzene rings is 1. The Bertz CT molecular complexity index is 409. The first-order valence-corrected chi connectivity index (χ1v) is 5.18. The van der Waals surface area contributed by atoms with Crippen molar-refractivity contribution in [2.45, 2.75) is 12.5 Å². The predicted octanol–water partition coefficient (Wildman–Crippen LogP) is 2.84. The molecule has 1 aromatic carbocycles. The molecule has 16 heavy (non-hydrogen) atoms. The summed E-state index contributed by atoms with van der Waals surface area (Å²) in [6, 6.07) is 3.73. The van der Waals surface area contributed by atoms with Crippen molar-refractivity contribution in [2.24, 2.45) is 5.18 Å². The fraction of sp³-hybridized carbons (Fsp3) is 0.300. The van der Waals surface area contributed by atoms with Crippen LogP contribution in [0.4, 0.5) is 0 Å². The van der Waals surface area contributed by atoms with Crippen molar-refractivity contribution in [2.75, 3.05) is 7.11 Å². The van der Waals surface area contributed by atoms with Crippen molar-refractivity contribution >= 4 is 29.2 Å². The first-order chi connectivity index (χ1) is 7.58. The van der Waals surface area contributed by atoms with Crippen LogP contribution in [0.25, 0.3) is 0 Å². The fourth-order valence-corrected chi connectivity index (χ4v) is 1.68. The van der Waals surface area contributed by atoms with E-state index in [-0.39, 0.29) is 6.42 Å². The summed E-state index contributed by atoms with van der Waals surface area (Å²) in [4.78, 5) is 21.6. The Morgan fingerprint density at radius 1 is 1.50 bits per heavy atom. The van der Waals surface area contributed by atoms with E-state index < -0.39 is 12.0 Å². The second-order valence-corrected chi connectivity index (χ2v) is 3.93. The van der Waals surface area contributed by atoms with Crippen molar-refractivity contribution in [3.63, 3.8) is 0 Å². The van der Waals surface area contributed by atoms with E-state index in [0.29, 0.717) is 15.6 Å². The van der Waals surface area contributed by atoms with Crippen LogP contribution in [0.15, 0.2) is 23.4 Å². The van der Waals surface area contributed by atoms with Crippen LogP contribution in [0, 0.1) is 4.91 Å². The highest BCUT2D eigenvalue weighted by Crippen LogP contribution is 2.22. The van der Waals surface area contributed by atoms with Gasteiger partial charge in [-0.15, -0.1) is 4.91 Å². The van der Waals surface area contributed by atoms with Crippen molar-refractivity contribution in [3.05, 3.63) is 38.7 Å². The van der Waals surface area contributed by atoms with Crippen LogP contribution in [0.3, 0.4) is 0 Å². The fourth-order valence-electron chi connectivity index (χ4n) is 1.20. The van der Waals surface area contributed by atoms with Gasteiger partial charge in [-0.25, -0.2) is 4.79 Å². The Morgan fingerprint density at radius 3 is 2.69 bits per heavy atom. The first-order valence-electron chi connectivity index (χ1n) is 4.42. The molecule has 0 N–H and O–H groups in total. The van der Waals surface area contributed by atoms with Crippen LogP contribution >= 0.6 is 23.2 Å². The van der Waals surface area contributed by atoms with Crippen LogP contribution in [-0.2, 0) is 16.0 Å². The van der Waals surface area contributed by atoms with Crippen molar-refractivity contribution in [1.82, 2.24) is 0 Å². The minimum Gasteiger partial charge on any atom is -0.467 e. The molecule has 1 atom stereocenters. The number of rotatable bonds is 4. The van der Waals surface area contributed by atoms with Crippen LogP contribution < -0.4 is 0 Å². The second kappa shape index (κ2) is 5.82. The summed E-state index contributed by atoms with van der Waals surface area (Å²) in [7, 11) is 1.20. The number of nitrogens with zero attached hydrogens (tertiary/aromatic N) is 1. The highest BCUT2D eigenvalue weighted by Gasteiger charge is 2.21. The Hall–Kier alpha value is -1.13. The molecule has 0 aliphatic rings. The summed E-state index contributed by atoms with van der Waals surface area (Å²) < 4.78 is 4.44. The largest absolute Gasteiger partial charge is 0.467 e. The maximum absolute atomic E-state index is 11.1. The van der Waals surface area contributed by atoms with Gasteiger partial charge in [-0.2, -0.15) is 0 Å². The summed E-state index contributed by atoms with van der Waals surface area (Å²) in [5, 5.41) is 3.58. The van der Waals surface area contributed by atoms with Crippen LogP contribution in [0.1, 0.15) is 5.56 Å². The lowest BCUT2D eigenvalue weighted by Gasteiger charge is -2.08. The third-order valence-electron chi connectivity index (χ3n) is 2.03. The summed E-state index contributed by atoms with van der Waals surface area (Å²) in [5.74, 6) is -0.680. The highest BCUT2D eigenvalue weighted by atomic mass is 35.5. The zero-order valence-corrected chi connectivity index (χ0v) is 9.96. The van der Waals surface area contributed by atoms with Gasteiger partial charge in [0, 0.05) is 16.5 Å². The van der Waals surface area contributed by atoms with Gasteiger partial charge in [-0.05, 0) is 17.7 Å². The zero-order valence-electron chi connectivity index (χ0n) is 8.44. The summed E-state index contributed by atoms with van der Waals surface area (Å²) in [5.41, 5.74) is 0.626. The third-order valence-corrected chi connectivity index (χ3v) is 2.62. The van der Waals surface area contributed by atoms with E-state index >= 15 is 0 Å². The quantitative estimate of drug-likeness (QED) is 0.619. The van der Waals surface area contributed by atoms with Crippen LogP contribution in [0.5, 0.6) is 0 Å². The number of carbonyl (C=O) groups excluding carboxylic acids is 1. The molecule has 0 fully saturated rings. The van der Waals surface area contributed by atoms with E-state index in [0.717, 1.165) is 0 Å². The van der Waals surface area contributed by atoms with Gasteiger partial charge in [0.1, 0.15) is 0 Å². The normalized spacial score (nSPS) is 11.9. The molecule has 0 unspecified atom stereocenters. The molecule has 0 heterocycles. The van der Waals surface area contributed by atoms with Crippen LogP contribution in [-0.4, -0.2) is 19.1 Å². The Kier molecular flexibility index (Phi) is 4.71. The van der Waals surface area contributed by atoms with Gasteiger partial charge in [0.25, 0.3) is 0 Å². The average Bonchev–Trinajstić information content (AvgIpc) is 2.27. The van der Waals surface area contributed by atoms with Gasteiger partial charge in [-0.3, -0.25) is 0 Å².